The van der Waals surface area contributed by atoms with Crippen LogP contribution in [0.25, 0.3) is 0 Å². The van der Waals surface area contributed by atoms with Crippen LogP contribution in [0.15, 0.2) is 49.1 Å². The zero-order valence-electron chi connectivity index (χ0n) is 15.8. The molecule has 0 bridgehead atoms. The Labute approximate surface area is 158 Å². The summed E-state index contributed by atoms with van der Waals surface area (Å²) in [6.45, 7) is 8.00. The molecule has 27 heavy (non-hydrogen) atoms. The zero-order chi connectivity index (χ0) is 19.4. The molecular weight excluding hydrogens is 338 g/mol. The Morgan fingerprint density at radius 1 is 1.19 bits per heavy atom. The number of aromatic nitrogens is 4. The molecule has 3 rings (SSSR count). The summed E-state index contributed by atoms with van der Waals surface area (Å²) in [6.07, 6.45) is 5.02. The smallest absolute Gasteiger partial charge is 0.258 e. The second kappa shape index (κ2) is 7.42. The number of anilines is 1. The summed E-state index contributed by atoms with van der Waals surface area (Å²) in [6, 6.07) is 9.15. The van der Waals surface area contributed by atoms with Crippen molar-refractivity contribution in [3.8, 4) is 11.8 Å². The van der Waals surface area contributed by atoms with Crippen molar-refractivity contribution in [2.75, 3.05) is 5.32 Å². The van der Waals surface area contributed by atoms with Crippen molar-refractivity contribution < 1.29 is 4.79 Å². The van der Waals surface area contributed by atoms with Crippen LogP contribution >= 0.6 is 0 Å². The third kappa shape index (κ3) is 4.59. The lowest BCUT2D eigenvalue weighted by Gasteiger charge is -2.17. The molecule has 0 aliphatic carbocycles. The summed E-state index contributed by atoms with van der Waals surface area (Å²) in [4.78, 5) is 20.8. The van der Waals surface area contributed by atoms with Gasteiger partial charge in [0.15, 0.2) is 0 Å². The molecule has 2 aromatic heterocycles. The minimum Gasteiger partial charge on any atom is -0.289 e. The van der Waals surface area contributed by atoms with Gasteiger partial charge >= 0.3 is 0 Å². The summed E-state index contributed by atoms with van der Waals surface area (Å²) in [5, 5.41) is 7.03. The van der Waals surface area contributed by atoms with Crippen molar-refractivity contribution in [1.29, 1.82) is 0 Å². The molecule has 0 unspecified atom stereocenters. The van der Waals surface area contributed by atoms with Gasteiger partial charge in [-0.1, -0.05) is 17.9 Å². The summed E-state index contributed by atoms with van der Waals surface area (Å²) < 4.78 is 1.71. The Kier molecular flexibility index (Phi) is 5.04. The first-order chi connectivity index (χ1) is 12.8. The van der Waals surface area contributed by atoms with Gasteiger partial charge in [-0.15, -0.1) is 5.10 Å². The highest BCUT2D eigenvalue weighted by Gasteiger charge is 2.16. The van der Waals surface area contributed by atoms with Crippen LogP contribution in [-0.4, -0.2) is 25.7 Å². The molecule has 136 valence electrons. The summed E-state index contributed by atoms with van der Waals surface area (Å²) >= 11 is 0. The van der Waals surface area contributed by atoms with E-state index >= 15 is 0 Å². The molecule has 1 aromatic carbocycles. The molecule has 3 aromatic rings. The Balaban J connectivity index is 1.80. The molecule has 6 heteroatoms. The highest BCUT2D eigenvalue weighted by Crippen LogP contribution is 2.14. The van der Waals surface area contributed by atoms with E-state index in [1.54, 1.807) is 35.5 Å². The first-order valence-electron chi connectivity index (χ1n) is 8.59. The Morgan fingerprint density at radius 2 is 2.00 bits per heavy atom. The van der Waals surface area contributed by atoms with Crippen LogP contribution in [0.4, 0.5) is 5.95 Å². The monoisotopic (exact) mass is 359 g/mol. The van der Waals surface area contributed by atoms with Gasteiger partial charge in [0.2, 0.25) is 5.95 Å². The number of rotatable bonds is 2. The third-order valence-corrected chi connectivity index (χ3v) is 3.91. The molecule has 6 nitrogen and oxygen atoms in total. The SMILES string of the molecule is Cc1ccc(C(=O)Nc2ncn(C(C)(C)C)n2)cc1C#Cc1cccnc1. The highest BCUT2D eigenvalue weighted by molar-refractivity contribution is 6.03. The van der Waals surface area contributed by atoms with Crippen molar-refractivity contribution in [1.82, 2.24) is 19.7 Å². The summed E-state index contributed by atoms with van der Waals surface area (Å²) in [5.74, 6) is 6.18. The lowest BCUT2D eigenvalue weighted by Crippen LogP contribution is -2.22. The fourth-order valence-electron chi connectivity index (χ4n) is 2.29. The predicted molar refractivity (Wildman–Crippen MR) is 104 cm³/mol. The average molecular weight is 359 g/mol. The fraction of sp³-hybridized carbons (Fsp3) is 0.238. The predicted octanol–water partition coefficient (Wildman–Crippen LogP) is 3.39. The molecule has 0 spiro atoms. The average Bonchev–Trinajstić information content (AvgIpc) is 3.11. The lowest BCUT2D eigenvalue weighted by molar-refractivity contribution is 0.102. The van der Waals surface area contributed by atoms with Gasteiger partial charge in [-0.2, -0.15) is 0 Å². The van der Waals surface area contributed by atoms with Gasteiger partial charge in [0.25, 0.3) is 5.91 Å². The van der Waals surface area contributed by atoms with Gasteiger partial charge < -0.3 is 0 Å². The highest BCUT2D eigenvalue weighted by atomic mass is 16.1. The number of nitrogens with one attached hydrogen (secondary N) is 1. The molecular formula is C21H21N5O. The quantitative estimate of drug-likeness (QED) is 0.712. The van der Waals surface area contributed by atoms with Gasteiger partial charge in [0.1, 0.15) is 6.33 Å². The first-order valence-corrected chi connectivity index (χ1v) is 8.59. The number of nitrogens with zero attached hydrogens (tertiary/aromatic N) is 4. The van der Waals surface area contributed by atoms with Crippen LogP contribution in [-0.2, 0) is 5.54 Å². The van der Waals surface area contributed by atoms with Crippen LogP contribution < -0.4 is 5.32 Å². The van der Waals surface area contributed by atoms with Crippen molar-refractivity contribution in [3.63, 3.8) is 0 Å². The van der Waals surface area contributed by atoms with Gasteiger partial charge in [-0.25, -0.2) is 9.67 Å². The normalized spacial score (nSPS) is 10.8. The van der Waals surface area contributed by atoms with E-state index in [1.807, 2.05) is 45.9 Å². The minimum absolute atomic E-state index is 0.200. The number of hydrogen-bond donors (Lipinski definition) is 1. The second-order valence-electron chi connectivity index (χ2n) is 7.16. The number of amides is 1. The maximum atomic E-state index is 12.6. The van der Waals surface area contributed by atoms with Gasteiger partial charge in [0, 0.05) is 29.1 Å². The Bertz CT molecular complexity index is 1020. The van der Waals surface area contributed by atoms with Gasteiger partial charge in [0.05, 0.1) is 5.54 Å². The van der Waals surface area contributed by atoms with Crippen molar-refractivity contribution in [3.05, 3.63) is 71.3 Å². The summed E-state index contributed by atoms with van der Waals surface area (Å²) in [7, 11) is 0. The van der Waals surface area contributed by atoms with E-state index in [4.69, 9.17) is 0 Å². The zero-order valence-corrected chi connectivity index (χ0v) is 15.8. The van der Waals surface area contributed by atoms with E-state index in [2.05, 4.69) is 32.2 Å². The Hall–Kier alpha value is -3.46. The standard InChI is InChI=1S/C21H21N5O/c1-15-7-9-18(12-17(15)10-8-16-6-5-11-22-13-16)19(27)24-20-23-14-26(25-20)21(2,3)4/h5-7,9,11-14H,1-4H3,(H,24,25,27). The van der Waals surface area contributed by atoms with Crippen molar-refractivity contribution >= 4 is 11.9 Å². The molecule has 0 saturated heterocycles. The van der Waals surface area contributed by atoms with E-state index in [9.17, 15) is 4.79 Å². The number of carbonyl (C=O) groups is 1. The largest absolute Gasteiger partial charge is 0.289 e. The second-order valence-corrected chi connectivity index (χ2v) is 7.16. The number of pyridine rings is 1. The fourth-order valence-corrected chi connectivity index (χ4v) is 2.29. The molecule has 0 aliphatic rings. The van der Waals surface area contributed by atoms with E-state index in [0.717, 1.165) is 16.7 Å². The number of aryl methyl sites for hydroxylation is 1. The first kappa shape index (κ1) is 18.3. The van der Waals surface area contributed by atoms with E-state index in [0.29, 0.717) is 5.56 Å². The topological polar surface area (TPSA) is 72.7 Å². The lowest BCUT2D eigenvalue weighted by atomic mass is 10.0. The molecule has 0 atom stereocenters. The van der Waals surface area contributed by atoms with E-state index in [1.165, 1.54) is 0 Å². The molecule has 0 fully saturated rings. The number of hydrogen-bond acceptors (Lipinski definition) is 4. The third-order valence-electron chi connectivity index (χ3n) is 3.91. The molecule has 1 N–H and O–H groups in total. The van der Waals surface area contributed by atoms with Crippen LogP contribution in [0, 0.1) is 18.8 Å². The van der Waals surface area contributed by atoms with Crippen LogP contribution in [0.2, 0.25) is 0 Å². The maximum absolute atomic E-state index is 12.6. The maximum Gasteiger partial charge on any atom is 0.258 e. The molecule has 0 aliphatic heterocycles. The number of carbonyl (C=O) groups excluding carboxylic acids is 1. The molecule has 1 amide bonds. The van der Waals surface area contributed by atoms with Crippen molar-refractivity contribution in [2.45, 2.75) is 33.2 Å². The molecule has 0 saturated carbocycles. The van der Waals surface area contributed by atoms with Gasteiger partial charge in [-0.3, -0.25) is 15.1 Å². The van der Waals surface area contributed by atoms with Crippen LogP contribution in [0.1, 0.15) is 47.8 Å². The van der Waals surface area contributed by atoms with Crippen molar-refractivity contribution in [2.24, 2.45) is 0 Å². The van der Waals surface area contributed by atoms with Crippen LogP contribution in [0.5, 0.6) is 0 Å². The van der Waals surface area contributed by atoms with Crippen LogP contribution in [0.3, 0.4) is 0 Å². The van der Waals surface area contributed by atoms with E-state index in [-0.39, 0.29) is 17.4 Å². The Morgan fingerprint density at radius 3 is 2.67 bits per heavy atom. The summed E-state index contributed by atoms with van der Waals surface area (Å²) in [5.41, 5.74) is 2.92. The van der Waals surface area contributed by atoms with E-state index < -0.39 is 0 Å². The minimum atomic E-state index is -0.272. The molecule has 2 heterocycles. The van der Waals surface area contributed by atoms with Gasteiger partial charge in [-0.05, 0) is 57.5 Å². The number of benzene rings is 1. The molecule has 0 radical (unpaired) electrons.